The third-order valence-electron chi connectivity index (χ3n) is 6.04. The van der Waals surface area contributed by atoms with Crippen LogP contribution in [0.25, 0.3) is 0 Å². The van der Waals surface area contributed by atoms with Crippen LogP contribution < -0.4 is 0 Å². The quantitative estimate of drug-likeness (QED) is 0.700. The van der Waals surface area contributed by atoms with E-state index in [1.807, 2.05) is 33.9 Å². The van der Waals surface area contributed by atoms with Crippen molar-refractivity contribution >= 4 is 8.32 Å². The summed E-state index contributed by atoms with van der Waals surface area (Å²) in [5.74, 6) is -4.45. The van der Waals surface area contributed by atoms with Crippen LogP contribution in [0, 0.1) is 11.7 Å². The van der Waals surface area contributed by atoms with Crippen LogP contribution in [0.3, 0.4) is 0 Å². The molecule has 1 saturated carbocycles. The fraction of sp³-hybridized carbons (Fsp3) is 0.684. The van der Waals surface area contributed by atoms with Gasteiger partial charge in [0.2, 0.25) is 0 Å². The number of hydrogen-bond donors (Lipinski definition) is 1. The molecule has 0 aliphatic heterocycles. The van der Waals surface area contributed by atoms with E-state index in [0.29, 0.717) is 12.0 Å². The van der Waals surface area contributed by atoms with E-state index in [1.165, 1.54) is 6.07 Å². The molecular formula is C19H29F3O2Si. The predicted octanol–water partition coefficient (Wildman–Crippen LogP) is 5.12. The number of benzene rings is 1. The summed E-state index contributed by atoms with van der Waals surface area (Å²) in [5.41, 5.74) is -0.370. The van der Waals surface area contributed by atoms with Crippen LogP contribution in [0.5, 0.6) is 0 Å². The molecule has 0 aromatic heterocycles. The van der Waals surface area contributed by atoms with E-state index in [1.54, 1.807) is 25.1 Å². The minimum atomic E-state index is -3.36. The molecule has 0 unspecified atom stereocenters. The van der Waals surface area contributed by atoms with Crippen molar-refractivity contribution in [1.82, 2.24) is 0 Å². The molecule has 6 heteroatoms. The van der Waals surface area contributed by atoms with Crippen LogP contribution in [0.2, 0.25) is 18.1 Å². The number of aliphatic hydroxyl groups is 1. The van der Waals surface area contributed by atoms with Gasteiger partial charge in [0.25, 0.3) is 5.92 Å². The Morgan fingerprint density at radius 3 is 2.36 bits per heavy atom. The molecule has 25 heavy (non-hydrogen) atoms. The van der Waals surface area contributed by atoms with Crippen molar-refractivity contribution in [2.45, 2.75) is 69.7 Å². The fourth-order valence-corrected chi connectivity index (χ4v) is 3.95. The van der Waals surface area contributed by atoms with E-state index < -0.39 is 44.1 Å². The summed E-state index contributed by atoms with van der Waals surface area (Å²) in [6.45, 7) is 10.7. The van der Waals surface area contributed by atoms with Gasteiger partial charge in [-0.05, 0) is 36.2 Å². The summed E-state index contributed by atoms with van der Waals surface area (Å²) in [6, 6.07) is 6.18. The number of hydrogen-bond acceptors (Lipinski definition) is 2. The predicted molar refractivity (Wildman–Crippen MR) is 96.0 cm³/mol. The van der Waals surface area contributed by atoms with E-state index in [9.17, 15) is 18.3 Å². The molecule has 1 fully saturated rings. The first-order chi connectivity index (χ1) is 11.2. The van der Waals surface area contributed by atoms with Gasteiger partial charge in [-0.2, -0.15) is 0 Å². The number of halogens is 3. The second kappa shape index (κ2) is 6.39. The van der Waals surface area contributed by atoms with E-state index in [4.69, 9.17) is 4.43 Å². The molecule has 0 heterocycles. The fourth-order valence-electron chi connectivity index (χ4n) is 2.96. The van der Waals surface area contributed by atoms with Crippen LogP contribution in [0.15, 0.2) is 24.3 Å². The Bertz CT molecular complexity index is 627. The Morgan fingerprint density at radius 2 is 1.84 bits per heavy atom. The highest BCUT2D eigenvalue weighted by atomic mass is 28.4. The smallest absolute Gasteiger partial charge is 0.295 e. The molecule has 2 rings (SSSR count). The highest BCUT2D eigenvalue weighted by Crippen LogP contribution is 2.58. The first-order valence-electron chi connectivity index (χ1n) is 8.67. The van der Waals surface area contributed by atoms with E-state index in [-0.39, 0.29) is 5.04 Å². The number of alkyl halides is 2. The zero-order valence-corrected chi connectivity index (χ0v) is 16.9. The van der Waals surface area contributed by atoms with Gasteiger partial charge in [-0.15, -0.1) is 0 Å². The Morgan fingerprint density at radius 1 is 1.28 bits per heavy atom. The minimum Gasteiger partial charge on any atom is -0.411 e. The average Bonchev–Trinajstić information content (AvgIpc) is 3.16. The van der Waals surface area contributed by atoms with Crippen molar-refractivity contribution in [1.29, 1.82) is 0 Å². The lowest BCUT2D eigenvalue weighted by molar-refractivity contribution is -0.142. The lowest BCUT2D eigenvalue weighted by atomic mass is 9.91. The Labute approximate surface area is 149 Å². The molecule has 0 saturated heterocycles. The molecular weight excluding hydrogens is 345 g/mol. The normalized spacial score (nSPS) is 25.8. The van der Waals surface area contributed by atoms with E-state index in [2.05, 4.69) is 0 Å². The monoisotopic (exact) mass is 374 g/mol. The van der Waals surface area contributed by atoms with Crippen molar-refractivity contribution in [3.63, 3.8) is 0 Å². The maximum Gasteiger partial charge on any atom is 0.295 e. The first-order valence-corrected chi connectivity index (χ1v) is 11.6. The van der Waals surface area contributed by atoms with Crippen LogP contribution >= 0.6 is 0 Å². The van der Waals surface area contributed by atoms with Crippen LogP contribution in [0.1, 0.15) is 39.7 Å². The van der Waals surface area contributed by atoms with E-state index >= 15 is 0 Å². The molecule has 0 radical (unpaired) electrons. The first kappa shape index (κ1) is 20.5. The second-order valence-electron chi connectivity index (χ2n) is 8.96. The standard InChI is InChI=1S/C19H29F3O2Si/c1-17(2,3)25(5,6)24-12-19(21,22)16(23)14-11-18(14,4)13-9-7-8-10-15(13)20/h7-10,14,16,23H,11-12H2,1-6H3/t14-,16-,18-/m0/s1. The largest absolute Gasteiger partial charge is 0.411 e. The maximum absolute atomic E-state index is 14.5. The second-order valence-corrected chi connectivity index (χ2v) is 13.8. The molecule has 0 amide bonds. The lowest BCUT2D eigenvalue weighted by Crippen LogP contribution is -2.48. The maximum atomic E-state index is 14.5. The third-order valence-corrected chi connectivity index (χ3v) is 10.5. The summed E-state index contributed by atoms with van der Waals surface area (Å²) < 4.78 is 48.7. The molecule has 1 N–H and O–H groups in total. The van der Waals surface area contributed by atoms with Gasteiger partial charge in [0.15, 0.2) is 8.32 Å². The number of aliphatic hydroxyl groups excluding tert-OH is 1. The van der Waals surface area contributed by atoms with Crippen LogP contribution in [-0.4, -0.2) is 32.1 Å². The average molecular weight is 375 g/mol. The summed E-state index contributed by atoms with van der Waals surface area (Å²) in [7, 11) is -2.33. The highest BCUT2D eigenvalue weighted by molar-refractivity contribution is 6.74. The van der Waals surface area contributed by atoms with Crippen molar-refractivity contribution < 1.29 is 22.7 Å². The number of rotatable bonds is 6. The molecule has 1 aromatic carbocycles. The molecule has 1 aliphatic carbocycles. The molecule has 0 bridgehead atoms. The van der Waals surface area contributed by atoms with Gasteiger partial charge in [-0.1, -0.05) is 45.9 Å². The van der Waals surface area contributed by atoms with Gasteiger partial charge >= 0.3 is 0 Å². The van der Waals surface area contributed by atoms with Crippen molar-refractivity contribution in [3.05, 3.63) is 35.6 Å². The van der Waals surface area contributed by atoms with Gasteiger partial charge in [0, 0.05) is 11.3 Å². The molecule has 0 spiro atoms. The van der Waals surface area contributed by atoms with Crippen molar-refractivity contribution in [2.24, 2.45) is 5.92 Å². The molecule has 142 valence electrons. The van der Waals surface area contributed by atoms with E-state index in [0.717, 1.165) is 0 Å². The zero-order chi connectivity index (χ0) is 19.3. The molecule has 1 aromatic rings. The summed E-state index contributed by atoms with van der Waals surface area (Å²) >= 11 is 0. The summed E-state index contributed by atoms with van der Waals surface area (Å²) in [5, 5.41) is 10.1. The Hall–Kier alpha value is -0.853. The van der Waals surface area contributed by atoms with Gasteiger partial charge in [-0.25, -0.2) is 13.2 Å². The molecule has 3 atom stereocenters. The zero-order valence-electron chi connectivity index (χ0n) is 15.9. The Balaban J connectivity index is 2.08. The molecule has 1 aliphatic rings. The van der Waals surface area contributed by atoms with Crippen molar-refractivity contribution in [2.75, 3.05) is 6.61 Å². The van der Waals surface area contributed by atoms with Crippen LogP contribution in [-0.2, 0) is 9.84 Å². The summed E-state index contributed by atoms with van der Waals surface area (Å²) in [6.07, 6.45) is -1.51. The van der Waals surface area contributed by atoms with Gasteiger partial charge < -0.3 is 9.53 Å². The summed E-state index contributed by atoms with van der Waals surface area (Å²) in [4.78, 5) is 0. The lowest BCUT2D eigenvalue weighted by Gasteiger charge is -2.38. The van der Waals surface area contributed by atoms with Crippen molar-refractivity contribution in [3.8, 4) is 0 Å². The molecule has 2 nitrogen and oxygen atoms in total. The van der Waals surface area contributed by atoms with Gasteiger partial charge in [0.1, 0.15) is 18.5 Å². The van der Waals surface area contributed by atoms with Crippen LogP contribution in [0.4, 0.5) is 13.2 Å². The van der Waals surface area contributed by atoms with Gasteiger partial charge in [-0.3, -0.25) is 0 Å². The SMILES string of the molecule is CC(C)(C)[Si](C)(C)OCC(F)(F)[C@@H](O)[C@@H]1C[C@@]1(C)c1ccccc1F. The third kappa shape index (κ3) is 3.96. The minimum absolute atomic E-state index is 0.185. The topological polar surface area (TPSA) is 29.5 Å². The van der Waals surface area contributed by atoms with Gasteiger partial charge in [0.05, 0.1) is 0 Å². The Kier molecular flexibility index (Phi) is 5.23. The highest BCUT2D eigenvalue weighted by Gasteiger charge is 2.62.